The lowest BCUT2D eigenvalue weighted by atomic mass is 10.0. The first-order chi connectivity index (χ1) is 15.4. The molecule has 1 atom stereocenters. The maximum atomic E-state index is 13.4. The van der Waals surface area contributed by atoms with Crippen molar-refractivity contribution in [2.45, 2.75) is 24.3 Å². The molecule has 32 heavy (non-hydrogen) atoms. The van der Waals surface area contributed by atoms with Crippen LogP contribution in [0.5, 0.6) is 5.75 Å². The lowest BCUT2D eigenvalue weighted by molar-refractivity contribution is -0.120. The van der Waals surface area contributed by atoms with Gasteiger partial charge in [0.15, 0.2) is 0 Å². The van der Waals surface area contributed by atoms with E-state index in [4.69, 9.17) is 16.3 Å². The Labute approximate surface area is 193 Å². The van der Waals surface area contributed by atoms with Crippen LogP contribution in [0.2, 0.25) is 5.02 Å². The third-order valence-corrected chi connectivity index (χ3v) is 7.07. The van der Waals surface area contributed by atoms with Crippen LogP contribution in [0.4, 0.5) is 5.69 Å². The molecule has 0 radical (unpaired) electrons. The summed E-state index contributed by atoms with van der Waals surface area (Å²) in [6.07, 6.45) is 0.662. The van der Waals surface area contributed by atoms with E-state index in [-0.39, 0.29) is 21.6 Å². The molecule has 0 saturated heterocycles. The topological polar surface area (TPSA) is 75.7 Å². The molecule has 3 rings (SSSR count). The molecule has 0 heterocycles. The fourth-order valence-corrected chi connectivity index (χ4v) is 5.01. The quantitative estimate of drug-likeness (QED) is 0.484. The highest BCUT2D eigenvalue weighted by atomic mass is 35.5. The number of carbonyl (C=O) groups is 1. The second-order valence-electron chi connectivity index (χ2n) is 7.08. The number of ether oxygens (including phenoxy) is 1. The minimum atomic E-state index is -4.02. The number of methoxy groups -OCH3 is 1. The summed E-state index contributed by atoms with van der Waals surface area (Å²) in [6.45, 7) is 1.56. The monoisotopic (exact) mass is 472 g/mol. The van der Waals surface area contributed by atoms with Crippen molar-refractivity contribution >= 4 is 33.2 Å². The fraction of sp³-hybridized carbons (Fsp3) is 0.208. The number of nitrogens with zero attached hydrogens (tertiary/aromatic N) is 1. The second kappa shape index (κ2) is 10.5. The number of rotatable bonds is 9. The van der Waals surface area contributed by atoms with E-state index in [1.165, 1.54) is 25.3 Å². The van der Waals surface area contributed by atoms with Crippen LogP contribution < -0.4 is 14.4 Å². The van der Waals surface area contributed by atoms with Crippen molar-refractivity contribution in [3.8, 4) is 5.75 Å². The van der Waals surface area contributed by atoms with Crippen LogP contribution in [0, 0.1) is 0 Å². The Morgan fingerprint density at radius 1 is 1.03 bits per heavy atom. The van der Waals surface area contributed by atoms with Gasteiger partial charge in [-0.05, 0) is 42.3 Å². The Balaban J connectivity index is 1.94. The molecule has 0 aliphatic carbocycles. The van der Waals surface area contributed by atoms with E-state index in [0.29, 0.717) is 12.2 Å². The summed E-state index contributed by atoms with van der Waals surface area (Å²) in [5, 5.41) is 3.19. The van der Waals surface area contributed by atoms with Crippen molar-refractivity contribution < 1.29 is 17.9 Å². The summed E-state index contributed by atoms with van der Waals surface area (Å²) in [6, 6.07) is 21.9. The van der Waals surface area contributed by atoms with Gasteiger partial charge in [0.05, 0.1) is 28.8 Å². The first kappa shape index (κ1) is 23.6. The van der Waals surface area contributed by atoms with Gasteiger partial charge in [0.1, 0.15) is 12.3 Å². The number of sulfonamides is 1. The van der Waals surface area contributed by atoms with Gasteiger partial charge in [0.25, 0.3) is 10.0 Å². The molecule has 8 heteroatoms. The molecule has 0 fully saturated rings. The van der Waals surface area contributed by atoms with E-state index < -0.39 is 22.5 Å². The zero-order valence-corrected chi connectivity index (χ0v) is 19.4. The van der Waals surface area contributed by atoms with Crippen LogP contribution in [-0.2, 0) is 14.8 Å². The summed E-state index contributed by atoms with van der Waals surface area (Å²) < 4.78 is 33.1. The van der Waals surface area contributed by atoms with E-state index >= 15 is 0 Å². The number of nitrogens with one attached hydrogen (secondary N) is 1. The van der Waals surface area contributed by atoms with Gasteiger partial charge >= 0.3 is 0 Å². The molecule has 0 aromatic heterocycles. The Hall–Kier alpha value is -3.03. The van der Waals surface area contributed by atoms with Gasteiger partial charge in [-0.1, -0.05) is 67.1 Å². The smallest absolute Gasteiger partial charge is 0.264 e. The zero-order chi connectivity index (χ0) is 23.1. The Morgan fingerprint density at radius 3 is 2.22 bits per heavy atom. The van der Waals surface area contributed by atoms with E-state index in [1.54, 1.807) is 30.3 Å². The van der Waals surface area contributed by atoms with Gasteiger partial charge in [0, 0.05) is 0 Å². The minimum absolute atomic E-state index is 0.0786. The van der Waals surface area contributed by atoms with Crippen molar-refractivity contribution in [2.24, 2.45) is 0 Å². The van der Waals surface area contributed by atoms with E-state index in [2.05, 4.69) is 5.32 Å². The molecule has 0 aliphatic heterocycles. The van der Waals surface area contributed by atoms with Crippen molar-refractivity contribution in [3.63, 3.8) is 0 Å². The third kappa shape index (κ3) is 5.41. The molecule has 168 valence electrons. The van der Waals surface area contributed by atoms with Crippen LogP contribution in [0.15, 0.2) is 83.8 Å². The number of anilines is 1. The summed E-state index contributed by atoms with van der Waals surface area (Å²) in [5.41, 5.74) is 1.22. The summed E-state index contributed by atoms with van der Waals surface area (Å²) in [4.78, 5) is 13.1. The highest BCUT2D eigenvalue weighted by Gasteiger charge is 2.28. The highest BCUT2D eigenvalue weighted by Crippen LogP contribution is 2.32. The van der Waals surface area contributed by atoms with Gasteiger partial charge in [-0.3, -0.25) is 9.10 Å². The van der Waals surface area contributed by atoms with Crippen molar-refractivity contribution in [1.82, 2.24) is 5.32 Å². The molecule has 0 bridgehead atoms. The SMILES string of the molecule is CCC(NC(=O)CN(c1ccc(OC)c(Cl)c1)S(=O)(=O)c1ccccc1)c1ccccc1. The van der Waals surface area contributed by atoms with E-state index in [0.717, 1.165) is 9.87 Å². The number of hydrogen-bond acceptors (Lipinski definition) is 4. The average Bonchev–Trinajstić information content (AvgIpc) is 2.82. The fourth-order valence-electron chi connectivity index (χ4n) is 3.32. The van der Waals surface area contributed by atoms with Gasteiger partial charge in [-0.15, -0.1) is 0 Å². The van der Waals surface area contributed by atoms with E-state index in [1.807, 2.05) is 37.3 Å². The maximum Gasteiger partial charge on any atom is 0.264 e. The number of hydrogen-bond donors (Lipinski definition) is 1. The van der Waals surface area contributed by atoms with Crippen LogP contribution in [0.25, 0.3) is 0 Å². The van der Waals surface area contributed by atoms with Crippen LogP contribution in [0.3, 0.4) is 0 Å². The normalized spacial score (nSPS) is 12.1. The lowest BCUT2D eigenvalue weighted by Gasteiger charge is -2.26. The van der Waals surface area contributed by atoms with Crippen LogP contribution in [0.1, 0.15) is 24.9 Å². The number of amides is 1. The highest BCUT2D eigenvalue weighted by molar-refractivity contribution is 7.92. The van der Waals surface area contributed by atoms with Crippen LogP contribution >= 0.6 is 11.6 Å². The minimum Gasteiger partial charge on any atom is -0.495 e. The maximum absolute atomic E-state index is 13.4. The number of benzene rings is 3. The molecule has 0 saturated carbocycles. The third-order valence-electron chi connectivity index (χ3n) is 4.99. The van der Waals surface area contributed by atoms with Crippen molar-refractivity contribution in [3.05, 3.63) is 89.4 Å². The Bertz CT molecular complexity index is 1160. The van der Waals surface area contributed by atoms with Gasteiger partial charge in [-0.2, -0.15) is 0 Å². The number of carbonyl (C=O) groups excluding carboxylic acids is 1. The standard InChI is InChI=1S/C24H25ClN2O4S/c1-3-22(18-10-6-4-7-11-18)26-24(28)17-27(19-14-15-23(31-2)21(25)16-19)32(29,30)20-12-8-5-9-13-20/h4-16,22H,3,17H2,1-2H3,(H,26,28). The molecular weight excluding hydrogens is 448 g/mol. The van der Waals surface area contributed by atoms with Crippen molar-refractivity contribution in [2.75, 3.05) is 18.0 Å². The molecule has 1 amide bonds. The predicted octanol–water partition coefficient (Wildman–Crippen LogP) is 4.81. The van der Waals surface area contributed by atoms with Crippen LogP contribution in [-0.4, -0.2) is 28.0 Å². The van der Waals surface area contributed by atoms with E-state index in [9.17, 15) is 13.2 Å². The number of halogens is 1. The zero-order valence-electron chi connectivity index (χ0n) is 17.9. The summed E-state index contributed by atoms with van der Waals surface area (Å²) in [7, 11) is -2.55. The Kier molecular flexibility index (Phi) is 7.77. The summed E-state index contributed by atoms with van der Waals surface area (Å²) in [5.74, 6) is -0.0146. The van der Waals surface area contributed by atoms with Crippen molar-refractivity contribution in [1.29, 1.82) is 0 Å². The van der Waals surface area contributed by atoms with Gasteiger partial charge in [-0.25, -0.2) is 8.42 Å². The lowest BCUT2D eigenvalue weighted by Crippen LogP contribution is -2.42. The Morgan fingerprint density at radius 2 is 1.66 bits per heavy atom. The predicted molar refractivity (Wildman–Crippen MR) is 127 cm³/mol. The first-order valence-corrected chi connectivity index (χ1v) is 11.9. The van der Waals surface area contributed by atoms with Gasteiger partial charge < -0.3 is 10.1 Å². The molecule has 0 aliphatic rings. The molecular formula is C24H25ClN2O4S. The molecule has 1 unspecified atom stereocenters. The molecule has 1 N–H and O–H groups in total. The molecule has 6 nitrogen and oxygen atoms in total. The largest absolute Gasteiger partial charge is 0.495 e. The van der Waals surface area contributed by atoms with Gasteiger partial charge in [0.2, 0.25) is 5.91 Å². The molecule has 3 aromatic carbocycles. The first-order valence-electron chi connectivity index (χ1n) is 10.1. The second-order valence-corrected chi connectivity index (χ2v) is 9.35. The molecule has 3 aromatic rings. The summed E-state index contributed by atoms with van der Waals surface area (Å²) >= 11 is 6.25. The molecule has 0 spiro atoms. The average molecular weight is 473 g/mol.